The van der Waals surface area contributed by atoms with E-state index in [9.17, 15) is 0 Å². The summed E-state index contributed by atoms with van der Waals surface area (Å²) in [5, 5.41) is 1.34. The molecule has 0 radical (unpaired) electrons. The van der Waals surface area contributed by atoms with Crippen molar-refractivity contribution in [3.8, 4) is 0 Å². The second-order valence-corrected chi connectivity index (χ2v) is 6.12. The van der Waals surface area contributed by atoms with Crippen LogP contribution >= 0.6 is 27.7 Å². The number of halogens is 1. The van der Waals surface area contributed by atoms with Crippen molar-refractivity contribution in [3.05, 3.63) is 36.5 Å². The number of benzene rings is 1. The van der Waals surface area contributed by atoms with Crippen molar-refractivity contribution < 1.29 is 4.57 Å². The summed E-state index contributed by atoms with van der Waals surface area (Å²) in [6.07, 6.45) is 2.17. The molecule has 15 heavy (non-hydrogen) atoms. The number of hydrogen-bond donors (Lipinski definition) is 0. The average Bonchev–Trinajstić information content (AvgIpc) is 2.41. The van der Waals surface area contributed by atoms with Crippen molar-refractivity contribution in [2.75, 3.05) is 5.75 Å². The molecule has 2 heterocycles. The van der Waals surface area contributed by atoms with E-state index in [4.69, 9.17) is 0 Å². The van der Waals surface area contributed by atoms with Crippen molar-refractivity contribution in [1.29, 1.82) is 0 Å². The molecule has 3 rings (SSSR count). The first kappa shape index (κ1) is 9.67. The molecule has 3 heteroatoms. The standard InChI is InChI=1S/C12H11BrNS/c13-10-7-14-6-2-4-9-3-1-5-11(12(9)14)15-8-10/h1-6,10H,7-8H2/q+1. The van der Waals surface area contributed by atoms with E-state index in [0.717, 1.165) is 12.3 Å². The van der Waals surface area contributed by atoms with Crippen LogP contribution in [-0.2, 0) is 6.54 Å². The molecule has 2 aromatic rings. The van der Waals surface area contributed by atoms with Crippen molar-refractivity contribution in [2.45, 2.75) is 16.3 Å². The van der Waals surface area contributed by atoms with Gasteiger partial charge in [-0.25, -0.2) is 0 Å². The van der Waals surface area contributed by atoms with Crippen LogP contribution in [0.2, 0.25) is 0 Å². The molecule has 0 aliphatic carbocycles. The van der Waals surface area contributed by atoms with Crippen LogP contribution in [0.15, 0.2) is 41.4 Å². The van der Waals surface area contributed by atoms with Crippen molar-refractivity contribution in [2.24, 2.45) is 0 Å². The molecule has 76 valence electrons. The van der Waals surface area contributed by atoms with Gasteiger partial charge in [-0.3, -0.25) is 0 Å². The Bertz CT molecular complexity index is 507. The van der Waals surface area contributed by atoms with Gasteiger partial charge in [0.2, 0.25) is 5.52 Å². The molecule has 1 aromatic carbocycles. The summed E-state index contributed by atoms with van der Waals surface area (Å²) in [5.41, 5.74) is 1.38. The lowest BCUT2D eigenvalue weighted by atomic mass is 10.2. The zero-order chi connectivity index (χ0) is 10.3. The zero-order valence-electron chi connectivity index (χ0n) is 8.19. The van der Waals surface area contributed by atoms with Gasteiger partial charge < -0.3 is 0 Å². The summed E-state index contributed by atoms with van der Waals surface area (Å²) in [5.74, 6) is 1.14. The average molecular weight is 281 g/mol. The van der Waals surface area contributed by atoms with Gasteiger partial charge in [0.25, 0.3) is 0 Å². The number of alkyl halides is 1. The second-order valence-electron chi connectivity index (χ2n) is 3.76. The highest BCUT2D eigenvalue weighted by Gasteiger charge is 2.22. The van der Waals surface area contributed by atoms with Gasteiger partial charge in [0.1, 0.15) is 0 Å². The highest BCUT2D eigenvalue weighted by atomic mass is 79.9. The number of rotatable bonds is 0. The molecule has 0 fully saturated rings. The number of thioether (sulfide) groups is 1. The molecule has 0 saturated carbocycles. The Morgan fingerprint density at radius 2 is 2.13 bits per heavy atom. The largest absolute Gasteiger partial charge is 0.226 e. The first-order valence-electron chi connectivity index (χ1n) is 5.02. The number of para-hydroxylation sites is 1. The molecule has 1 unspecified atom stereocenters. The van der Waals surface area contributed by atoms with Gasteiger partial charge in [0, 0.05) is 17.2 Å². The minimum absolute atomic E-state index is 0.561. The van der Waals surface area contributed by atoms with Crippen molar-refractivity contribution >= 4 is 38.6 Å². The summed E-state index contributed by atoms with van der Waals surface area (Å²) in [6.45, 7) is 1.06. The van der Waals surface area contributed by atoms with Crippen LogP contribution in [0.5, 0.6) is 0 Å². The number of hydrogen-bond acceptors (Lipinski definition) is 1. The zero-order valence-corrected chi connectivity index (χ0v) is 10.6. The monoisotopic (exact) mass is 280 g/mol. The third-order valence-corrected chi connectivity index (χ3v) is 4.93. The predicted molar refractivity (Wildman–Crippen MR) is 67.6 cm³/mol. The fraction of sp³-hybridized carbons (Fsp3) is 0.250. The van der Waals surface area contributed by atoms with Crippen molar-refractivity contribution in [3.63, 3.8) is 0 Å². The van der Waals surface area contributed by atoms with Gasteiger partial charge in [-0.1, -0.05) is 22.0 Å². The first-order valence-corrected chi connectivity index (χ1v) is 6.93. The number of nitrogens with zero attached hydrogens (tertiary/aromatic N) is 1. The maximum absolute atomic E-state index is 3.72. The van der Waals surface area contributed by atoms with Gasteiger partial charge in [0.15, 0.2) is 12.7 Å². The molecular weight excluding hydrogens is 270 g/mol. The van der Waals surface area contributed by atoms with E-state index in [-0.39, 0.29) is 0 Å². The van der Waals surface area contributed by atoms with Crippen LogP contribution in [0.25, 0.3) is 10.9 Å². The maximum atomic E-state index is 3.72. The van der Waals surface area contributed by atoms with Gasteiger partial charge in [-0.15, -0.1) is 11.8 Å². The molecule has 1 aliphatic rings. The molecule has 0 bridgehead atoms. The summed E-state index contributed by atoms with van der Waals surface area (Å²) in [6, 6.07) is 10.9. The lowest BCUT2D eigenvalue weighted by Crippen LogP contribution is -2.38. The molecule has 0 N–H and O–H groups in total. The number of pyridine rings is 1. The SMILES string of the molecule is BrC1CSc2cccc3ccc[n+](c23)C1. The van der Waals surface area contributed by atoms with E-state index < -0.39 is 0 Å². The topological polar surface area (TPSA) is 3.88 Å². The Labute approximate surface area is 102 Å². The lowest BCUT2D eigenvalue weighted by molar-refractivity contribution is -0.670. The normalized spacial score (nSPS) is 20.2. The molecule has 1 aliphatic heterocycles. The third-order valence-electron chi connectivity index (χ3n) is 2.67. The van der Waals surface area contributed by atoms with Gasteiger partial charge >= 0.3 is 0 Å². The van der Waals surface area contributed by atoms with Crippen LogP contribution in [0.1, 0.15) is 0 Å². The molecule has 0 amide bonds. The highest BCUT2D eigenvalue weighted by Crippen LogP contribution is 2.29. The van der Waals surface area contributed by atoms with Crippen LogP contribution in [0.3, 0.4) is 0 Å². The summed E-state index contributed by atoms with van der Waals surface area (Å²) < 4.78 is 2.35. The van der Waals surface area contributed by atoms with E-state index in [2.05, 4.69) is 57.0 Å². The highest BCUT2D eigenvalue weighted by molar-refractivity contribution is 9.09. The van der Waals surface area contributed by atoms with Crippen LogP contribution in [0.4, 0.5) is 0 Å². The van der Waals surface area contributed by atoms with Crippen molar-refractivity contribution in [1.82, 2.24) is 0 Å². The smallest absolute Gasteiger partial charge is 0.196 e. The fourth-order valence-corrected chi connectivity index (χ4v) is 3.74. The molecular formula is C12H11BrNS+. The summed E-state index contributed by atoms with van der Waals surface area (Å²) >= 11 is 5.66. The Kier molecular flexibility index (Phi) is 2.45. The second kappa shape index (κ2) is 3.80. The Morgan fingerprint density at radius 1 is 1.27 bits per heavy atom. The van der Waals surface area contributed by atoms with Gasteiger partial charge in [-0.2, -0.15) is 4.57 Å². The summed E-state index contributed by atoms with van der Waals surface area (Å²) in [4.78, 5) is 1.96. The lowest BCUT2D eigenvalue weighted by Gasteiger charge is -2.01. The fourth-order valence-electron chi connectivity index (χ4n) is 2.02. The Morgan fingerprint density at radius 3 is 3.07 bits per heavy atom. The molecule has 1 nitrogen and oxygen atoms in total. The molecule has 1 aromatic heterocycles. The Hall–Kier alpha value is -0.540. The molecule has 0 spiro atoms. The molecule has 1 atom stereocenters. The maximum Gasteiger partial charge on any atom is 0.226 e. The quantitative estimate of drug-likeness (QED) is 0.530. The van der Waals surface area contributed by atoms with Gasteiger partial charge in [-0.05, 0) is 18.2 Å². The van der Waals surface area contributed by atoms with E-state index in [1.54, 1.807) is 0 Å². The van der Waals surface area contributed by atoms with Crippen LogP contribution in [-0.4, -0.2) is 10.6 Å². The molecule has 0 saturated heterocycles. The van der Waals surface area contributed by atoms with E-state index in [1.807, 2.05) is 11.8 Å². The minimum Gasteiger partial charge on any atom is -0.196 e. The third kappa shape index (κ3) is 1.68. The van der Waals surface area contributed by atoms with E-state index in [0.29, 0.717) is 4.83 Å². The minimum atomic E-state index is 0.561. The van der Waals surface area contributed by atoms with Gasteiger partial charge in [0.05, 0.1) is 9.72 Å². The summed E-state index contributed by atoms with van der Waals surface area (Å²) in [7, 11) is 0. The van der Waals surface area contributed by atoms with E-state index in [1.165, 1.54) is 15.8 Å². The van der Waals surface area contributed by atoms with E-state index >= 15 is 0 Å². The number of aromatic nitrogens is 1. The Balaban J connectivity index is 2.34. The predicted octanol–water partition coefficient (Wildman–Crippen LogP) is 3.00. The van der Waals surface area contributed by atoms with Crippen LogP contribution < -0.4 is 4.57 Å². The first-order chi connectivity index (χ1) is 7.34. The van der Waals surface area contributed by atoms with Crippen LogP contribution in [0, 0.1) is 0 Å².